The fraction of sp³-hybridized carbons (Fsp3) is 1.00. The van der Waals surface area contributed by atoms with Crippen LogP contribution in [0, 0.1) is 0 Å². The van der Waals surface area contributed by atoms with Gasteiger partial charge in [0.05, 0.1) is 11.4 Å². The van der Waals surface area contributed by atoms with Crippen molar-refractivity contribution in [3.8, 4) is 0 Å². The van der Waals surface area contributed by atoms with Crippen LogP contribution in [0.15, 0.2) is 0 Å². The van der Waals surface area contributed by atoms with Crippen LogP contribution in [0.1, 0.15) is 71.6 Å². The predicted octanol–water partition coefficient (Wildman–Crippen LogP) is -0.184. The van der Waals surface area contributed by atoms with Crippen LogP contribution in [0.25, 0.3) is 0 Å². The molecule has 0 rings (SSSR count). The van der Waals surface area contributed by atoms with Crippen molar-refractivity contribution in [2.24, 2.45) is 0 Å². The van der Waals surface area contributed by atoms with Crippen molar-refractivity contribution >= 4 is 10.1 Å². The Bertz CT molecular complexity index is 291. The Hall–Kier alpha value is 0.870. The molecule has 0 saturated carbocycles. The van der Waals surface area contributed by atoms with E-state index in [1.165, 1.54) is 39.0 Å². The zero-order chi connectivity index (χ0) is 14.0. The Balaban J connectivity index is 0. The summed E-state index contributed by atoms with van der Waals surface area (Å²) in [6.45, 7) is 3.55. The van der Waals surface area contributed by atoms with E-state index < -0.39 is 21.5 Å². The second-order valence-electron chi connectivity index (χ2n) is 5.04. The Kier molecular flexibility index (Phi) is 14.7. The van der Waals surface area contributed by atoms with Crippen molar-refractivity contribution in [3.05, 3.63) is 0 Å². The van der Waals surface area contributed by atoms with Crippen LogP contribution in [-0.4, -0.2) is 29.4 Å². The van der Waals surface area contributed by atoms with Gasteiger partial charge in [-0.15, -0.1) is 0 Å². The van der Waals surface area contributed by atoms with E-state index in [0.717, 1.165) is 12.8 Å². The topological polar surface area (TPSA) is 77.4 Å². The van der Waals surface area contributed by atoms with Crippen molar-refractivity contribution in [1.82, 2.24) is 0 Å². The molecule has 0 spiro atoms. The van der Waals surface area contributed by atoms with Crippen LogP contribution in [0.2, 0.25) is 0 Å². The van der Waals surface area contributed by atoms with E-state index in [-0.39, 0.29) is 36.0 Å². The molecule has 0 aromatic carbocycles. The largest absolute Gasteiger partial charge is 1.00 e. The van der Waals surface area contributed by atoms with Crippen molar-refractivity contribution in [2.75, 3.05) is 0 Å². The molecule has 0 heterocycles. The summed E-state index contributed by atoms with van der Waals surface area (Å²) >= 11 is 0. The molecule has 6 heteroatoms. The third-order valence-corrected chi connectivity index (χ3v) is 4.62. The molecule has 4 nitrogen and oxygen atoms in total. The van der Waals surface area contributed by atoms with E-state index in [1.807, 2.05) is 0 Å². The molecular formula is C13H27NaO4S. The van der Waals surface area contributed by atoms with E-state index in [4.69, 9.17) is 0 Å². The maximum Gasteiger partial charge on any atom is 1.00 e. The molecule has 0 aromatic heterocycles. The number of hydrogen-bond acceptors (Lipinski definition) is 4. The van der Waals surface area contributed by atoms with Crippen molar-refractivity contribution in [2.45, 2.75) is 83.0 Å². The summed E-state index contributed by atoms with van der Waals surface area (Å²) in [7, 11) is -4.37. The van der Waals surface area contributed by atoms with Gasteiger partial charge in [-0.05, 0) is 13.3 Å². The first-order chi connectivity index (χ1) is 8.39. The third-order valence-electron chi connectivity index (χ3n) is 3.25. The molecule has 2 unspecified atom stereocenters. The summed E-state index contributed by atoms with van der Waals surface area (Å²) < 4.78 is 32.7. The van der Waals surface area contributed by atoms with Crippen LogP contribution >= 0.6 is 0 Å². The number of aliphatic hydroxyl groups is 1. The van der Waals surface area contributed by atoms with Crippen LogP contribution < -0.4 is 29.6 Å². The molecule has 0 radical (unpaired) electrons. The number of hydrogen-bond donors (Lipinski definition) is 1. The van der Waals surface area contributed by atoms with Gasteiger partial charge in [-0.2, -0.15) is 0 Å². The number of unbranched alkanes of at least 4 members (excludes halogenated alkanes) is 7. The van der Waals surface area contributed by atoms with Gasteiger partial charge in [0, 0.05) is 0 Å². The van der Waals surface area contributed by atoms with Gasteiger partial charge < -0.3 is 9.66 Å². The van der Waals surface area contributed by atoms with Gasteiger partial charge in [-0.1, -0.05) is 58.3 Å². The molecule has 0 aliphatic rings. The second kappa shape index (κ2) is 12.6. The van der Waals surface area contributed by atoms with Gasteiger partial charge >= 0.3 is 29.6 Å². The van der Waals surface area contributed by atoms with Crippen molar-refractivity contribution in [3.63, 3.8) is 0 Å². The van der Waals surface area contributed by atoms with Gasteiger partial charge in [0.25, 0.3) is 0 Å². The molecule has 2 atom stereocenters. The Labute approximate surface area is 140 Å². The zero-order valence-corrected chi connectivity index (χ0v) is 15.4. The average molecular weight is 302 g/mol. The van der Waals surface area contributed by atoms with Crippen LogP contribution in [0.3, 0.4) is 0 Å². The first kappa shape index (κ1) is 22.2. The molecule has 0 bridgehead atoms. The maximum atomic E-state index is 10.9. The third kappa shape index (κ3) is 12.3. The van der Waals surface area contributed by atoms with E-state index in [9.17, 15) is 18.1 Å². The summed E-state index contributed by atoms with van der Waals surface area (Å²) in [5, 5.41) is 8.13. The fourth-order valence-corrected chi connectivity index (χ4v) is 3.04. The van der Waals surface area contributed by atoms with Gasteiger partial charge in [0.2, 0.25) is 0 Å². The maximum absolute atomic E-state index is 10.9. The standard InChI is InChI=1S/C13H28O4S.Na/c1-3-4-5-6-7-8-9-10-11-13(12(2)14)18(15,16)17;/h12-14H,3-11H2,1-2H3,(H,15,16,17);/q;+1/p-1. The van der Waals surface area contributed by atoms with E-state index in [0.29, 0.717) is 6.42 Å². The van der Waals surface area contributed by atoms with Gasteiger partial charge in [-0.25, -0.2) is 8.42 Å². The predicted molar refractivity (Wildman–Crippen MR) is 72.4 cm³/mol. The summed E-state index contributed by atoms with van der Waals surface area (Å²) in [6.07, 6.45) is 8.09. The minimum absolute atomic E-state index is 0. The van der Waals surface area contributed by atoms with E-state index in [1.54, 1.807) is 0 Å². The molecule has 0 aromatic rings. The number of aliphatic hydroxyl groups excluding tert-OH is 1. The Morgan fingerprint density at radius 3 is 1.79 bits per heavy atom. The Morgan fingerprint density at radius 1 is 1.00 bits per heavy atom. The minimum atomic E-state index is -4.37. The molecule has 0 aliphatic carbocycles. The number of rotatable bonds is 11. The molecule has 0 aliphatic heterocycles. The summed E-state index contributed by atoms with van der Waals surface area (Å²) in [5.74, 6) is 0. The van der Waals surface area contributed by atoms with E-state index in [2.05, 4.69) is 6.92 Å². The molecule has 0 fully saturated rings. The quantitative estimate of drug-likeness (QED) is 0.326. The van der Waals surface area contributed by atoms with Crippen LogP contribution in [0.5, 0.6) is 0 Å². The van der Waals surface area contributed by atoms with Crippen molar-refractivity contribution in [1.29, 1.82) is 0 Å². The normalized spacial score (nSPS) is 14.7. The van der Waals surface area contributed by atoms with Crippen LogP contribution in [-0.2, 0) is 10.1 Å². The minimum Gasteiger partial charge on any atom is -0.748 e. The molecule has 0 saturated heterocycles. The molecule has 1 N–H and O–H groups in total. The molecule has 110 valence electrons. The SMILES string of the molecule is CCCCCCCCCCC(C(C)O)S(=O)(=O)[O-].[Na+]. The monoisotopic (exact) mass is 302 g/mol. The summed E-state index contributed by atoms with van der Waals surface area (Å²) in [4.78, 5) is 0. The van der Waals surface area contributed by atoms with Crippen LogP contribution in [0.4, 0.5) is 0 Å². The van der Waals surface area contributed by atoms with Gasteiger partial charge in [-0.3, -0.25) is 0 Å². The second-order valence-corrected chi connectivity index (χ2v) is 6.63. The van der Waals surface area contributed by atoms with Crippen molar-refractivity contribution < 1.29 is 47.6 Å². The van der Waals surface area contributed by atoms with E-state index >= 15 is 0 Å². The molecule has 0 amide bonds. The van der Waals surface area contributed by atoms with Gasteiger partial charge in [0.15, 0.2) is 0 Å². The average Bonchev–Trinajstić information content (AvgIpc) is 2.24. The summed E-state index contributed by atoms with van der Waals surface area (Å²) in [5.41, 5.74) is 0. The zero-order valence-electron chi connectivity index (χ0n) is 12.6. The molecular weight excluding hydrogens is 275 g/mol. The first-order valence-corrected chi connectivity index (χ1v) is 8.49. The fourth-order valence-electron chi connectivity index (χ4n) is 2.11. The summed E-state index contributed by atoms with van der Waals surface area (Å²) in [6, 6.07) is 0. The smallest absolute Gasteiger partial charge is 0.748 e. The Morgan fingerprint density at radius 2 is 1.42 bits per heavy atom. The molecule has 19 heavy (non-hydrogen) atoms. The van der Waals surface area contributed by atoms with Gasteiger partial charge in [0.1, 0.15) is 10.1 Å². The first-order valence-electron chi connectivity index (χ1n) is 7.02.